The first-order chi connectivity index (χ1) is 15.1. The Bertz CT molecular complexity index is 784. The van der Waals surface area contributed by atoms with Gasteiger partial charge in [-0.3, -0.25) is 29.0 Å². The van der Waals surface area contributed by atoms with Crippen molar-refractivity contribution in [1.82, 2.24) is 21.3 Å². The average Bonchev–Trinajstić information content (AvgIpc) is 3.07. The number of carboxylic acid groups (broad SMARTS) is 1. The predicted octanol–water partition coefficient (Wildman–Crippen LogP) is -4.13. The summed E-state index contributed by atoms with van der Waals surface area (Å²) >= 11 is 0. The molecule has 0 aromatic carbocycles. The van der Waals surface area contributed by atoms with E-state index in [0.29, 0.717) is 6.42 Å². The quantitative estimate of drug-likeness (QED) is 0.110. The highest BCUT2D eigenvalue weighted by Gasteiger charge is 2.40. The zero-order valence-corrected chi connectivity index (χ0v) is 17.4. The second-order valence-corrected chi connectivity index (χ2v) is 7.80. The number of rotatable bonds is 6. The number of nitrogens with two attached hydrogens (primary N) is 2. The van der Waals surface area contributed by atoms with E-state index >= 15 is 0 Å². The van der Waals surface area contributed by atoms with Crippen LogP contribution in [0.2, 0.25) is 0 Å². The van der Waals surface area contributed by atoms with E-state index in [-0.39, 0.29) is 31.8 Å². The van der Waals surface area contributed by atoms with E-state index in [4.69, 9.17) is 16.6 Å². The molecule has 1 saturated heterocycles. The summed E-state index contributed by atoms with van der Waals surface area (Å²) in [7, 11) is 0. The van der Waals surface area contributed by atoms with E-state index in [2.05, 4.69) is 26.3 Å². The standard InChI is InChI=1S/C18H29N7O7/c19-18(20)21-3-1-2-9-16(31)22-7-13(27)23-11(6-14(28)29)17(32)25-10-4-8(5-12(10)26)15(30)24-9/h8-12,26H,1-7H2,(H,22,31)(H,23,27)(H,24,30)(H,25,32)(H,28,29)(H4,19,20,21)/t8-,9-,10-,11-,12-/m0/s1. The minimum atomic E-state index is -1.41. The number of hydrogen-bond acceptors (Lipinski definition) is 7. The summed E-state index contributed by atoms with van der Waals surface area (Å²) in [4.78, 5) is 64.9. The molecule has 5 atom stereocenters. The molecule has 10 N–H and O–H groups in total. The molecule has 4 amide bonds. The van der Waals surface area contributed by atoms with Gasteiger partial charge in [-0.15, -0.1) is 0 Å². The first-order valence-corrected chi connectivity index (χ1v) is 10.2. The second kappa shape index (κ2) is 11.3. The topological polar surface area (TPSA) is 238 Å². The molecule has 2 rings (SSSR count). The van der Waals surface area contributed by atoms with Crippen LogP contribution in [0.15, 0.2) is 4.99 Å². The third-order valence-electron chi connectivity index (χ3n) is 5.26. The smallest absolute Gasteiger partial charge is 0.305 e. The Hall–Kier alpha value is -3.42. The van der Waals surface area contributed by atoms with Gasteiger partial charge in [0.1, 0.15) is 12.1 Å². The molecule has 2 bridgehead atoms. The molecule has 1 aliphatic heterocycles. The van der Waals surface area contributed by atoms with Crippen molar-refractivity contribution in [3.05, 3.63) is 0 Å². The molecule has 0 radical (unpaired) electrons. The molecule has 1 saturated carbocycles. The molecule has 1 aliphatic carbocycles. The fourth-order valence-corrected chi connectivity index (χ4v) is 3.65. The van der Waals surface area contributed by atoms with Crippen LogP contribution in [0.5, 0.6) is 0 Å². The normalized spacial score (nSPS) is 29.1. The minimum absolute atomic E-state index is 0.0507. The number of carboxylic acids is 1. The number of amides is 4. The lowest BCUT2D eigenvalue weighted by molar-refractivity contribution is -0.141. The summed E-state index contributed by atoms with van der Waals surface area (Å²) in [6.07, 6.45) is -1.03. The molecule has 0 unspecified atom stereocenters. The van der Waals surface area contributed by atoms with Crippen molar-refractivity contribution in [3.8, 4) is 0 Å². The number of aliphatic hydroxyl groups is 1. The van der Waals surface area contributed by atoms with E-state index in [1.165, 1.54) is 0 Å². The Balaban J connectivity index is 2.19. The summed E-state index contributed by atoms with van der Waals surface area (Å²) < 4.78 is 0. The van der Waals surface area contributed by atoms with E-state index in [1.807, 2.05) is 0 Å². The van der Waals surface area contributed by atoms with Gasteiger partial charge in [-0.25, -0.2) is 0 Å². The minimum Gasteiger partial charge on any atom is -0.481 e. The van der Waals surface area contributed by atoms with Crippen molar-refractivity contribution in [2.24, 2.45) is 22.4 Å². The van der Waals surface area contributed by atoms with Crippen molar-refractivity contribution in [2.75, 3.05) is 13.1 Å². The lowest BCUT2D eigenvalue weighted by Gasteiger charge is -2.23. The summed E-state index contributed by atoms with van der Waals surface area (Å²) in [6.45, 7) is -0.298. The summed E-state index contributed by atoms with van der Waals surface area (Å²) in [5, 5.41) is 29.1. The number of hydrogen-bond donors (Lipinski definition) is 8. The second-order valence-electron chi connectivity index (χ2n) is 7.80. The summed E-state index contributed by atoms with van der Waals surface area (Å²) in [6, 6.07) is -3.19. The molecule has 32 heavy (non-hydrogen) atoms. The fraction of sp³-hybridized carbons (Fsp3) is 0.667. The van der Waals surface area contributed by atoms with Gasteiger partial charge in [0, 0.05) is 12.5 Å². The van der Waals surface area contributed by atoms with Crippen LogP contribution < -0.4 is 32.7 Å². The highest BCUT2D eigenvalue weighted by Crippen LogP contribution is 2.27. The van der Waals surface area contributed by atoms with Crippen molar-refractivity contribution < 1.29 is 34.2 Å². The van der Waals surface area contributed by atoms with Crippen LogP contribution in [-0.4, -0.2) is 83.1 Å². The maximum atomic E-state index is 12.7. The van der Waals surface area contributed by atoms with Crippen LogP contribution in [0.4, 0.5) is 0 Å². The van der Waals surface area contributed by atoms with Crippen LogP contribution in [0.1, 0.15) is 32.1 Å². The van der Waals surface area contributed by atoms with Gasteiger partial charge in [0.2, 0.25) is 23.6 Å². The van der Waals surface area contributed by atoms with E-state index in [9.17, 15) is 29.1 Å². The third-order valence-corrected chi connectivity index (χ3v) is 5.26. The van der Waals surface area contributed by atoms with Crippen LogP contribution >= 0.6 is 0 Å². The Morgan fingerprint density at radius 3 is 2.38 bits per heavy atom. The lowest BCUT2D eigenvalue weighted by atomic mass is 10.0. The van der Waals surface area contributed by atoms with Crippen molar-refractivity contribution in [2.45, 2.75) is 56.3 Å². The Morgan fingerprint density at radius 2 is 1.72 bits per heavy atom. The van der Waals surface area contributed by atoms with E-state index in [1.54, 1.807) is 0 Å². The zero-order valence-electron chi connectivity index (χ0n) is 17.4. The fourth-order valence-electron chi connectivity index (χ4n) is 3.65. The third kappa shape index (κ3) is 7.37. The van der Waals surface area contributed by atoms with Gasteiger partial charge in [0.15, 0.2) is 5.96 Å². The highest BCUT2D eigenvalue weighted by molar-refractivity contribution is 5.94. The largest absolute Gasteiger partial charge is 0.481 e. The number of aliphatic hydroxyl groups excluding tert-OH is 1. The maximum Gasteiger partial charge on any atom is 0.305 e. The van der Waals surface area contributed by atoms with Crippen LogP contribution in [0.3, 0.4) is 0 Å². The van der Waals surface area contributed by atoms with Crippen LogP contribution in [0, 0.1) is 5.92 Å². The molecule has 14 nitrogen and oxygen atoms in total. The highest BCUT2D eigenvalue weighted by atomic mass is 16.4. The number of aliphatic imine (C=N–C) groups is 1. The molecule has 2 aliphatic rings. The molecule has 14 heteroatoms. The number of carbonyl (C=O) groups excluding carboxylic acids is 4. The number of nitrogens with zero attached hydrogens (tertiary/aromatic N) is 1. The first-order valence-electron chi connectivity index (χ1n) is 10.2. The number of nitrogens with one attached hydrogen (secondary N) is 4. The number of carbonyl (C=O) groups is 5. The average molecular weight is 455 g/mol. The maximum absolute atomic E-state index is 12.7. The van der Waals surface area contributed by atoms with Crippen molar-refractivity contribution in [1.29, 1.82) is 0 Å². The molecule has 0 aromatic rings. The van der Waals surface area contributed by atoms with Gasteiger partial charge in [0.25, 0.3) is 0 Å². The van der Waals surface area contributed by atoms with Gasteiger partial charge in [-0.2, -0.15) is 0 Å². The van der Waals surface area contributed by atoms with Gasteiger partial charge >= 0.3 is 5.97 Å². The number of fused-ring (bicyclic) bond motifs is 2. The number of guanidine groups is 1. The molecular weight excluding hydrogens is 426 g/mol. The SMILES string of the molecule is NC(N)=NCCC[C@@H]1NC(=O)[C@H]2C[C@H](NC(=O)[C@H](CC(=O)O)NC(=O)CNC1=O)[C@@H](O)C2. The summed E-state index contributed by atoms with van der Waals surface area (Å²) in [5.41, 5.74) is 10.5. The monoisotopic (exact) mass is 455 g/mol. The summed E-state index contributed by atoms with van der Waals surface area (Å²) in [5.74, 6) is -4.79. The van der Waals surface area contributed by atoms with Gasteiger partial charge in [-0.1, -0.05) is 0 Å². The predicted molar refractivity (Wildman–Crippen MR) is 110 cm³/mol. The molecule has 178 valence electrons. The first kappa shape index (κ1) is 24.8. The number of aliphatic carboxylic acids is 1. The molecule has 2 fully saturated rings. The molecule has 0 aromatic heterocycles. The zero-order chi connectivity index (χ0) is 23.8. The molecule has 0 spiro atoms. The Morgan fingerprint density at radius 1 is 1.00 bits per heavy atom. The van der Waals surface area contributed by atoms with Crippen molar-refractivity contribution >= 4 is 35.6 Å². The van der Waals surface area contributed by atoms with E-state index in [0.717, 1.165) is 0 Å². The van der Waals surface area contributed by atoms with Crippen molar-refractivity contribution in [3.63, 3.8) is 0 Å². The van der Waals surface area contributed by atoms with E-state index < -0.39 is 72.7 Å². The van der Waals surface area contributed by atoms with Gasteiger partial charge < -0.3 is 42.9 Å². The van der Waals surface area contributed by atoms with Crippen LogP contribution in [-0.2, 0) is 24.0 Å². The molecule has 1 heterocycles. The lowest BCUT2D eigenvalue weighted by Crippen LogP contribution is -2.55. The van der Waals surface area contributed by atoms with Gasteiger partial charge in [0.05, 0.1) is 25.1 Å². The van der Waals surface area contributed by atoms with Crippen LogP contribution in [0.25, 0.3) is 0 Å². The molecular formula is C18H29N7O7. The Labute approximate surface area is 183 Å². The Kier molecular flexibility index (Phi) is 8.75. The van der Waals surface area contributed by atoms with Gasteiger partial charge in [-0.05, 0) is 25.7 Å².